The molecule has 0 unspecified atom stereocenters. The molecule has 0 radical (unpaired) electrons. The van der Waals surface area contributed by atoms with E-state index >= 15 is 0 Å². The fourth-order valence-corrected chi connectivity index (χ4v) is 3.05. The number of methoxy groups -OCH3 is 1. The van der Waals surface area contributed by atoms with E-state index in [1.807, 2.05) is 38.1 Å². The average Bonchev–Trinajstić information content (AvgIpc) is 2.49. The number of nitrogens with one attached hydrogen (secondary N) is 1. The number of rotatable bonds is 5. The SMILES string of the molecule is COc1ccccc1CC(C)(C)C(=O)NC1CCC(N)CC1. The van der Waals surface area contributed by atoms with Crippen LogP contribution in [0.2, 0.25) is 0 Å². The topological polar surface area (TPSA) is 64.3 Å². The number of benzene rings is 1. The zero-order chi connectivity index (χ0) is 16.2. The molecule has 1 aromatic rings. The van der Waals surface area contributed by atoms with Crippen LogP contribution in [0.3, 0.4) is 0 Å². The molecule has 0 spiro atoms. The van der Waals surface area contributed by atoms with Crippen molar-refractivity contribution in [2.24, 2.45) is 11.1 Å². The molecule has 4 nitrogen and oxygen atoms in total. The van der Waals surface area contributed by atoms with Crippen molar-refractivity contribution in [1.82, 2.24) is 5.32 Å². The van der Waals surface area contributed by atoms with Gasteiger partial charge in [-0.1, -0.05) is 32.0 Å². The van der Waals surface area contributed by atoms with Gasteiger partial charge in [0, 0.05) is 17.5 Å². The van der Waals surface area contributed by atoms with Crippen LogP contribution in [-0.2, 0) is 11.2 Å². The van der Waals surface area contributed by atoms with Gasteiger partial charge in [0.2, 0.25) is 5.91 Å². The van der Waals surface area contributed by atoms with Gasteiger partial charge in [0.1, 0.15) is 5.75 Å². The second-order valence-electron chi connectivity index (χ2n) is 6.96. The fraction of sp³-hybridized carbons (Fsp3) is 0.611. The lowest BCUT2D eigenvalue weighted by Crippen LogP contribution is -2.46. The van der Waals surface area contributed by atoms with Gasteiger partial charge >= 0.3 is 0 Å². The highest BCUT2D eigenvalue weighted by Crippen LogP contribution is 2.28. The minimum Gasteiger partial charge on any atom is -0.496 e. The number of amides is 1. The number of ether oxygens (including phenoxy) is 1. The highest BCUT2D eigenvalue weighted by Gasteiger charge is 2.31. The summed E-state index contributed by atoms with van der Waals surface area (Å²) in [6.45, 7) is 3.98. The fourth-order valence-electron chi connectivity index (χ4n) is 3.05. The first kappa shape index (κ1) is 16.8. The molecule has 1 aromatic carbocycles. The Morgan fingerprint density at radius 3 is 2.55 bits per heavy atom. The average molecular weight is 304 g/mol. The summed E-state index contributed by atoms with van der Waals surface area (Å²) in [7, 11) is 1.66. The summed E-state index contributed by atoms with van der Waals surface area (Å²) >= 11 is 0. The Balaban J connectivity index is 1.98. The van der Waals surface area contributed by atoms with Gasteiger partial charge in [-0.05, 0) is 43.7 Å². The highest BCUT2D eigenvalue weighted by atomic mass is 16.5. The number of para-hydroxylation sites is 1. The maximum atomic E-state index is 12.6. The number of carbonyl (C=O) groups is 1. The van der Waals surface area contributed by atoms with E-state index in [0.717, 1.165) is 37.0 Å². The van der Waals surface area contributed by atoms with E-state index in [2.05, 4.69) is 5.32 Å². The Labute approximate surface area is 133 Å². The van der Waals surface area contributed by atoms with E-state index in [9.17, 15) is 4.79 Å². The Morgan fingerprint density at radius 2 is 1.91 bits per heavy atom. The van der Waals surface area contributed by atoms with Gasteiger partial charge in [-0.3, -0.25) is 4.79 Å². The zero-order valence-corrected chi connectivity index (χ0v) is 13.9. The third-order valence-electron chi connectivity index (χ3n) is 4.55. The highest BCUT2D eigenvalue weighted by molar-refractivity contribution is 5.82. The lowest BCUT2D eigenvalue weighted by molar-refractivity contribution is -0.130. The minimum atomic E-state index is -0.464. The monoisotopic (exact) mass is 304 g/mol. The van der Waals surface area contributed by atoms with Gasteiger partial charge < -0.3 is 15.8 Å². The molecule has 1 fully saturated rings. The molecule has 4 heteroatoms. The van der Waals surface area contributed by atoms with E-state index in [0.29, 0.717) is 12.5 Å². The molecule has 1 saturated carbocycles. The van der Waals surface area contributed by atoms with Crippen LogP contribution in [0.25, 0.3) is 0 Å². The number of carbonyl (C=O) groups excluding carboxylic acids is 1. The number of nitrogens with two attached hydrogens (primary N) is 1. The van der Waals surface area contributed by atoms with Crippen LogP contribution in [-0.4, -0.2) is 25.1 Å². The van der Waals surface area contributed by atoms with Crippen molar-refractivity contribution in [3.05, 3.63) is 29.8 Å². The Hall–Kier alpha value is -1.55. The molecule has 0 atom stereocenters. The van der Waals surface area contributed by atoms with Crippen LogP contribution in [0.5, 0.6) is 5.75 Å². The third-order valence-corrected chi connectivity index (χ3v) is 4.55. The van der Waals surface area contributed by atoms with Crippen molar-refractivity contribution in [1.29, 1.82) is 0 Å². The van der Waals surface area contributed by atoms with E-state index in [-0.39, 0.29) is 11.9 Å². The Bertz CT molecular complexity index is 506. The third kappa shape index (κ3) is 4.23. The van der Waals surface area contributed by atoms with Crippen LogP contribution in [0, 0.1) is 5.41 Å². The summed E-state index contributed by atoms with van der Waals surface area (Å²) in [5, 5.41) is 3.20. The number of hydrogen-bond acceptors (Lipinski definition) is 3. The summed E-state index contributed by atoms with van der Waals surface area (Å²) in [5.74, 6) is 0.950. The largest absolute Gasteiger partial charge is 0.496 e. The number of hydrogen-bond donors (Lipinski definition) is 2. The summed E-state index contributed by atoms with van der Waals surface area (Å²) in [6, 6.07) is 8.45. The van der Waals surface area contributed by atoms with Crippen LogP contribution < -0.4 is 15.8 Å². The second kappa shape index (κ2) is 7.14. The molecule has 0 heterocycles. The lowest BCUT2D eigenvalue weighted by atomic mass is 9.83. The van der Waals surface area contributed by atoms with E-state index in [4.69, 9.17) is 10.5 Å². The van der Waals surface area contributed by atoms with Crippen molar-refractivity contribution in [3.63, 3.8) is 0 Å². The molecule has 0 aliphatic heterocycles. The molecular weight excluding hydrogens is 276 g/mol. The molecule has 0 saturated heterocycles. The van der Waals surface area contributed by atoms with Crippen LogP contribution in [0.4, 0.5) is 0 Å². The summed E-state index contributed by atoms with van der Waals surface area (Å²) in [5.41, 5.74) is 6.52. The molecule has 1 aliphatic carbocycles. The van der Waals surface area contributed by atoms with Gasteiger partial charge in [0.25, 0.3) is 0 Å². The molecule has 0 bridgehead atoms. The first-order valence-corrected chi connectivity index (χ1v) is 8.11. The predicted octanol–water partition coefficient (Wildman–Crippen LogP) is 2.65. The normalized spacial score (nSPS) is 22.2. The van der Waals surface area contributed by atoms with Crippen molar-refractivity contribution in [3.8, 4) is 5.75 Å². The molecular formula is C18H28N2O2. The smallest absolute Gasteiger partial charge is 0.226 e. The zero-order valence-electron chi connectivity index (χ0n) is 13.9. The lowest BCUT2D eigenvalue weighted by Gasteiger charge is -2.31. The van der Waals surface area contributed by atoms with E-state index in [1.54, 1.807) is 7.11 Å². The molecule has 1 aliphatic rings. The van der Waals surface area contributed by atoms with Gasteiger partial charge in [-0.15, -0.1) is 0 Å². The predicted molar refractivity (Wildman–Crippen MR) is 88.9 cm³/mol. The first-order valence-electron chi connectivity index (χ1n) is 8.11. The molecule has 22 heavy (non-hydrogen) atoms. The van der Waals surface area contributed by atoms with E-state index in [1.165, 1.54) is 0 Å². The summed E-state index contributed by atoms with van der Waals surface area (Å²) in [4.78, 5) is 12.6. The van der Waals surface area contributed by atoms with Gasteiger partial charge in [-0.25, -0.2) is 0 Å². The van der Waals surface area contributed by atoms with Crippen molar-refractivity contribution in [2.45, 2.75) is 58.0 Å². The molecule has 0 aromatic heterocycles. The molecule has 2 rings (SSSR count). The Morgan fingerprint density at radius 1 is 1.27 bits per heavy atom. The van der Waals surface area contributed by atoms with Crippen LogP contribution >= 0.6 is 0 Å². The van der Waals surface area contributed by atoms with Gasteiger partial charge in [-0.2, -0.15) is 0 Å². The van der Waals surface area contributed by atoms with E-state index < -0.39 is 5.41 Å². The second-order valence-corrected chi connectivity index (χ2v) is 6.96. The van der Waals surface area contributed by atoms with Crippen LogP contribution in [0.1, 0.15) is 45.1 Å². The Kier molecular flexibility index (Phi) is 5.46. The summed E-state index contributed by atoms with van der Waals surface area (Å²) in [6.07, 6.45) is 4.63. The van der Waals surface area contributed by atoms with Crippen molar-refractivity contribution in [2.75, 3.05) is 7.11 Å². The maximum absolute atomic E-state index is 12.6. The van der Waals surface area contributed by atoms with Crippen molar-refractivity contribution < 1.29 is 9.53 Å². The quantitative estimate of drug-likeness (QED) is 0.879. The molecule has 1 amide bonds. The van der Waals surface area contributed by atoms with Crippen molar-refractivity contribution >= 4 is 5.91 Å². The van der Waals surface area contributed by atoms with Gasteiger partial charge in [0.15, 0.2) is 0 Å². The standard InChI is InChI=1S/C18H28N2O2/c1-18(2,12-13-6-4-5-7-16(13)22-3)17(21)20-15-10-8-14(19)9-11-15/h4-7,14-15H,8-12,19H2,1-3H3,(H,20,21). The van der Waals surface area contributed by atoms with Gasteiger partial charge in [0.05, 0.1) is 7.11 Å². The maximum Gasteiger partial charge on any atom is 0.226 e. The minimum absolute atomic E-state index is 0.110. The molecule has 3 N–H and O–H groups in total. The molecule has 122 valence electrons. The van der Waals surface area contributed by atoms with Crippen LogP contribution in [0.15, 0.2) is 24.3 Å². The first-order chi connectivity index (χ1) is 10.4. The summed E-state index contributed by atoms with van der Waals surface area (Å²) < 4.78 is 5.39.